The smallest absolute Gasteiger partial charge is 0.271 e. The summed E-state index contributed by atoms with van der Waals surface area (Å²) in [5.41, 5.74) is 4.21. The summed E-state index contributed by atoms with van der Waals surface area (Å²) in [6.07, 6.45) is 2.72. The highest BCUT2D eigenvalue weighted by Gasteiger charge is 2.09. The van der Waals surface area contributed by atoms with Crippen molar-refractivity contribution in [2.75, 3.05) is 19.5 Å². The molecule has 0 heterocycles. The monoisotopic (exact) mass is 447 g/mol. The van der Waals surface area contributed by atoms with Crippen molar-refractivity contribution in [3.63, 3.8) is 0 Å². The molecule has 2 amide bonds. The summed E-state index contributed by atoms with van der Waals surface area (Å²) < 4.78 is 11.3. The SMILES string of the molecule is CCCC(=O)Nc1ccc(C(=O)N/N=C/c2cc(Br)c(OC)cc2OC)cc1. The number of carbonyl (C=O) groups excluding carboxylic acids is 2. The Kier molecular flexibility index (Phi) is 8.01. The standard InChI is InChI=1S/C20H22BrN3O4/c1-4-5-19(25)23-15-8-6-13(7-9-15)20(26)24-22-12-14-10-16(21)18(28-3)11-17(14)27-2/h6-12H,4-5H2,1-3H3,(H,23,25)(H,24,26)/b22-12+. The molecule has 2 aromatic rings. The molecule has 0 aromatic heterocycles. The average molecular weight is 448 g/mol. The lowest BCUT2D eigenvalue weighted by atomic mass is 10.2. The van der Waals surface area contributed by atoms with Crippen LogP contribution in [0.25, 0.3) is 0 Å². The van der Waals surface area contributed by atoms with Crippen LogP contribution in [0.4, 0.5) is 5.69 Å². The van der Waals surface area contributed by atoms with Crippen LogP contribution in [0, 0.1) is 0 Å². The number of hydrogen-bond acceptors (Lipinski definition) is 5. The number of anilines is 1. The number of carbonyl (C=O) groups is 2. The number of hydrogen-bond donors (Lipinski definition) is 2. The zero-order chi connectivity index (χ0) is 20.5. The van der Waals surface area contributed by atoms with Gasteiger partial charge >= 0.3 is 0 Å². The first-order valence-corrected chi connectivity index (χ1v) is 9.42. The van der Waals surface area contributed by atoms with Crippen molar-refractivity contribution in [3.8, 4) is 11.5 Å². The van der Waals surface area contributed by atoms with E-state index in [0.717, 1.165) is 10.9 Å². The topological polar surface area (TPSA) is 89.0 Å². The van der Waals surface area contributed by atoms with Crippen LogP contribution in [0.1, 0.15) is 35.7 Å². The molecule has 0 saturated carbocycles. The van der Waals surface area contributed by atoms with Crippen molar-refractivity contribution in [2.45, 2.75) is 19.8 Å². The van der Waals surface area contributed by atoms with Gasteiger partial charge in [0.2, 0.25) is 5.91 Å². The Bertz CT molecular complexity index is 866. The Labute approximate surface area is 172 Å². The number of benzene rings is 2. The van der Waals surface area contributed by atoms with Gasteiger partial charge in [-0.2, -0.15) is 5.10 Å². The molecule has 8 heteroatoms. The molecule has 2 rings (SSSR count). The van der Waals surface area contributed by atoms with Crippen LogP contribution in [-0.4, -0.2) is 32.2 Å². The lowest BCUT2D eigenvalue weighted by Gasteiger charge is -2.09. The Morgan fingerprint density at radius 3 is 2.39 bits per heavy atom. The van der Waals surface area contributed by atoms with Gasteiger partial charge in [-0.25, -0.2) is 5.43 Å². The fraction of sp³-hybridized carbons (Fsp3) is 0.250. The third kappa shape index (κ3) is 5.82. The third-order valence-electron chi connectivity index (χ3n) is 3.78. The second-order valence-electron chi connectivity index (χ2n) is 5.80. The molecule has 28 heavy (non-hydrogen) atoms. The first-order valence-electron chi connectivity index (χ1n) is 8.63. The molecule has 2 aromatic carbocycles. The van der Waals surface area contributed by atoms with Gasteiger partial charge < -0.3 is 14.8 Å². The fourth-order valence-electron chi connectivity index (χ4n) is 2.36. The average Bonchev–Trinajstić information content (AvgIpc) is 2.68. The van der Waals surface area contributed by atoms with Crippen molar-refractivity contribution < 1.29 is 19.1 Å². The van der Waals surface area contributed by atoms with Crippen molar-refractivity contribution in [2.24, 2.45) is 5.10 Å². The van der Waals surface area contributed by atoms with Gasteiger partial charge in [-0.05, 0) is 52.7 Å². The quantitative estimate of drug-likeness (QED) is 0.473. The number of rotatable bonds is 8. The van der Waals surface area contributed by atoms with Gasteiger partial charge in [0.25, 0.3) is 5.91 Å². The van der Waals surface area contributed by atoms with E-state index < -0.39 is 0 Å². The largest absolute Gasteiger partial charge is 0.496 e. The number of nitrogens with zero attached hydrogens (tertiary/aromatic N) is 1. The highest BCUT2D eigenvalue weighted by atomic mass is 79.9. The van der Waals surface area contributed by atoms with Gasteiger partial charge in [-0.3, -0.25) is 9.59 Å². The van der Waals surface area contributed by atoms with Crippen LogP contribution in [0.5, 0.6) is 11.5 Å². The van der Waals surface area contributed by atoms with Gasteiger partial charge in [0.05, 0.1) is 24.9 Å². The Hall–Kier alpha value is -2.87. The maximum atomic E-state index is 12.2. The van der Waals surface area contributed by atoms with Crippen LogP contribution in [-0.2, 0) is 4.79 Å². The van der Waals surface area contributed by atoms with Gasteiger partial charge in [0.1, 0.15) is 11.5 Å². The van der Waals surface area contributed by atoms with E-state index in [1.54, 1.807) is 50.6 Å². The van der Waals surface area contributed by atoms with E-state index in [-0.39, 0.29) is 11.8 Å². The summed E-state index contributed by atoms with van der Waals surface area (Å²) in [6, 6.07) is 10.1. The van der Waals surface area contributed by atoms with E-state index in [1.807, 2.05) is 6.92 Å². The predicted molar refractivity (Wildman–Crippen MR) is 112 cm³/mol. The minimum atomic E-state index is -0.366. The number of amides is 2. The fourth-order valence-corrected chi connectivity index (χ4v) is 2.89. The summed E-state index contributed by atoms with van der Waals surface area (Å²) in [6.45, 7) is 1.94. The van der Waals surface area contributed by atoms with Crippen molar-refractivity contribution in [3.05, 3.63) is 52.0 Å². The molecule has 0 saturated heterocycles. The summed E-state index contributed by atoms with van der Waals surface area (Å²) in [4.78, 5) is 23.8. The maximum Gasteiger partial charge on any atom is 0.271 e. The van der Waals surface area contributed by atoms with Gasteiger partial charge in [-0.15, -0.1) is 0 Å². The van der Waals surface area contributed by atoms with E-state index in [0.29, 0.717) is 34.7 Å². The van der Waals surface area contributed by atoms with Crippen LogP contribution >= 0.6 is 15.9 Å². The highest BCUT2D eigenvalue weighted by Crippen LogP contribution is 2.31. The summed E-state index contributed by atoms with van der Waals surface area (Å²) in [5.74, 6) is 0.771. The van der Waals surface area contributed by atoms with E-state index in [1.165, 1.54) is 6.21 Å². The number of ether oxygens (including phenoxy) is 2. The first-order chi connectivity index (χ1) is 13.5. The van der Waals surface area contributed by atoms with Crippen LogP contribution in [0.15, 0.2) is 46.0 Å². The van der Waals surface area contributed by atoms with Gasteiger partial charge in [-0.1, -0.05) is 6.92 Å². The number of methoxy groups -OCH3 is 2. The maximum absolute atomic E-state index is 12.2. The minimum absolute atomic E-state index is 0.0519. The van der Waals surface area contributed by atoms with Crippen molar-refractivity contribution >= 4 is 39.6 Å². The molecule has 0 spiro atoms. The molecule has 0 atom stereocenters. The second kappa shape index (κ2) is 10.5. The molecular formula is C20H22BrN3O4. The van der Waals surface area contributed by atoms with E-state index in [4.69, 9.17) is 9.47 Å². The normalized spacial score (nSPS) is 10.6. The molecular weight excluding hydrogens is 426 g/mol. The molecule has 7 nitrogen and oxygen atoms in total. The summed E-state index contributed by atoms with van der Waals surface area (Å²) in [5, 5.41) is 6.75. The Balaban J connectivity index is 2.02. The molecule has 0 aliphatic carbocycles. The summed E-state index contributed by atoms with van der Waals surface area (Å²) >= 11 is 3.40. The molecule has 0 radical (unpaired) electrons. The third-order valence-corrected chi connectivity index (χ3v) is 4.40. The summed E-state index contributed by atoms with van der Waals surface area (Å²) in [7, 11) is 3.10. The predicted octanol–water partition coefficient (Wildman–Crippen LogP) is 3.97. The zero-order valence-electron chi connectivity index (χ0n) is 15.9. The Morgan fingerprint density at radius 1 is 1.11 bits per heavy atom. The molecule has 2 N–H and O–H groups in total. The lowest BCUT2D eigenvalue weighted by molar-refractivity contribution is -0.116. The minimum Gasteiger partial charge on any atom is -0.496 e. The molecule has 0 unspecified atom stereocenters. The second-order valence-corrected chi connectivity index (χ2v) is 6.66. The molecule has 0 aliphatic heterocycles. The molecule has 0 fully saturated rings. The van der Waals surface area contributed by atoms with E-state index in [2.05, 4.69) is 31.8 Å². The first kappa shape index (κ1) is 21.4. The number of hydrazone groups is 1. The van der Waals surface area contributed by atoms with Gasteiger partial charge in [0, 0.05) is 29.3 Å². The van der Waals surface area contributed by atoms with E-state index in [9.17, 15) is 9.59 Å². The Morgan fingerprint density at radius 2 is 1.79 bits per heavy atom. The zero-order valence-corrected chi connectivity index (χ0v) is 17.5. The lowest BCUT2D eigenvalue weighted by Crippen LogP contribution is -2.18. The van der Waals surface area contributed by atoms with E-state index >= 15 is 0 Å². The van der Waals surface area contributed by atoms with Crippen molar-refractivity contribution in [1.82, 2.24) is 5.43 Å². The molecule has 0 aliphatic rings. The van der Waals surface area contributed by atoms with Gasteiger partial charge in [0.15, 0.2) is 0 Å². The van der Waals surface area contributed by atoms with Crippen LogP contribution < -0.4 is 20.2 Å². The van der Waals surface area contributed by atoms with Crippen molar-refractivity contribution in [1.29, 1.82) is 0 Å². The molecule has 0 bridgehead atoms. The number of nitrogens with one attached hydrogen (secondary N) is 2. The molecule has 148 valence electrons. The highest BCUT2D eigenvalue weighted by molar-refractivity contribution is 9.10. The van der Waals surface area contributed by atoms with Crippen LogP contribution in [0.2, 0.25) is 0 Å². The number of halogens is 1. The van der Waals surface area contributed by atoms with Crippen LogP contribution in [0.3, 0.4) is 0 Å².